The molecule has 1 aromatic heterocycles. The standard InChI is InChI=1S/C12H21N5OS/c1-9(19-12-13-14-15-17(12)3)11(18)16(2)10-7-5-4-6-8-10/h9-10H,4-8H2,1-3H3. The van der Waals surface area contributed by atoms with Crippen molar-refractivity contribution in [1.29, 1.82) is 0 Å². The highest BCUT2D eigenvalue weighted by Gasteiger charge is 2.27. The van der Waals surface area contributed by atoms with Gasteiger partial charge in [0, 0.05) is 20.1 Å². The normalized spacial score (nSPS) is 18.3. The zero-order valence-corrected chi connectivity index (χ0v) is 12.6. The monoisotopic (exact) mass is 283 g/mol. The van der Waals surface area contributed by atoms with E-state index < -0.39 is 0 Å². The first kappa shape index (κ1) is 14.3. The van der Waals surface area contributed by atoms with Crippen molar-refractivity contribution in [3.05, 3.63) is 0 Å². The second kappa shape index (κ2) is 6.36. The number of thioether (sulfide) groups is 1. The third-order valence-electron chi connectivity index (χ3n) is 3.68. The Morgan fingerprint density at radius 3 is 2.68 bits per heavy atom. The molecule has 1 saturated carbocycles. The predicted molar refractivity (Wildman–Crippen MR) is 73.8 cm³/mol. The van der Waals surface area contributed by atoms with Crippen LogP contribution in [0.15, 0.2) is 5.16 Å². The van der Waals surface area contributed by atoms with Crippen LogP contribution in [0, 0.1) is 0 Å². The smallest absolute Gasteiger partial charge is 0.235 e. The molecule has 19 heavy (non-hydrogen) atoms. The van der Waals surface area contributed by atoms with E-state index in [1.54, 1.807) is 11.7 Å². The van der Waals surface area contributed by atoms with Crippen LogP contribution in [-0.2, 0) is 11.8 Å². The Hall–Kier alpha value is -1.11. The van der Waals surface area contributed by atoms with E-state index in [2.05, 4.69) is 15.5 Å². The SMILES string of the molecule is CC(Sc1nnnn1C)C(=O)N(C)C1CCCCC1. The van der Waals surface area contributed by atoms with E-state index in [1.165, 1.54) is 31.0 Å². The maximum atomic E-state index is 12.4. The summed E-state index contributed by atoms with van der Waals surface area (Å²) in [7, 11) is 3.70. The lowest BCUT2D eigenvalue weighted by Gasteiger charge is -2.32. The summed E-state index contributed by atoms with van der Waals surface area (Å²) in [6.07, 6.45) is 6.03. The molecule has 0 aromatic carbocycles. The number of carbonyl (C=O) groups excluding carboxylic acids is 1. The Balaban J connectivity index is 1.92. The van der Waals surface area contributed by atoms with E-state index in [0.717, 1.165) is 12.8 Å². The molecule has 1 aromatic rings. The van der Waals surface area contributed by atoms with Crippen molar-refractivity contribution >= 4 is 17.7 Å². The van der Waals surface area contributed by atoms with Gasteiger partial charge in [0.1, 0.15) is 0 Å². The lowest BCUT2D eigenvalue weighted by molar-refractivity contribution is -0.131. The van der Waals surface area contributed by atoms with E-state index in [-0.39, 0.29) is 11.2 Å². The first-order valence-corrected chi connectivity index (χ1v) is 7.63. The molecular formula is C12H21N5OS. The number of rotatable bonds is 4. The largest absolute Gasteiger partial charge is 0.342 e. The average molecular weight is 283 g/mol. The Bertz CT molecular complexity index is 430. The molecule has 106 valence electrons. The molecule has 7 heteroatoms. The molecule has 0 aliphatic heterocycles. The van der Waals surface area contributed by atoms with Gasteiger partial charge in [0.15, 0.2) is 0 Å². The molecule has 1 aliphatic carbocycles. The summed E-state index contributed by atoms with van der Waals surface area (Å²) in [4.78, 5) is 14.3. The molecule has 1 unspecified atom stereocenters. The van der Waals surface area contributed by atoms with Crippen LogP contribution in [0.25, 0.3) is 0 Å². The minimum absolute atomic E-state index is 0.156. The van der Waals surface area contributed by atoms with E-state index in [4.69, 9.17) is 0 Å². The third-order valence-corrected chi connectivity index (χ3v) is 4.79. The first-order valence-electron chi connectivity index (χ1n) is 6.75. The molecule has 2 rings (SSSR count). The Kier molecular flexibility index (Phi) is 4.79. The van der Waals surface area contributed by atoms with Crippen molar-refractivity contribution in [3.63, 3.8) is 0 Å². The minimum atomic E-state index is -0.156. The fraction of sp³-hybridized carbons (Fsp3) is 0.833. The zero-order chi connectivity index (χ0) is 13.8. The summed E-state index contributed by atoms with van der Waals surface area (Å²) in [6, 6.07) is 0.405. The minimum Gasteiger partial charge on any atom is -0.342 e. The van der Waals surface area contributed by atoms with Crippen LogP contribution < -0.4 is 0 Å². The Morgan fingerprint density at radius 1 is 1.42 bits per heavy atom. The van der Waals surface area contributed by atoms with Crippen LogP contribution in [0.5, 0.6) is 0 Å². The fourth-order valence-electron chi connectivity index (χ4n) is 2.46. The molecule has 0 spiro atoms. The lowest BCUT2D eigenvalue weighted by atomic mass is 9.94. The number of hydrogen-bond acceptors (Lipinski definition) is 5. The Morgan fingerprint density at radius 2 is 2.11 bits per heavy atom. The summed E-state index contributed by atoms with van der Waals surface area (Å²) >= 11 is 1.41. The highest BCUT2D eigenvalue weighted by Crippen LogP contribution is 2.25. The van der Waals surface area contributed by atoms with Crippen molar-refractivity contribution in [2.45, 2.75) is 55.5 Å². The molecule has 1 heterocycles. The highest BCUT2D eigenvalue weighted by atomic mass is 32.2. The van der Waals surface area contributed by atoms with Crippen molar-refractivity contribution in [2.24, 2.45) is 7.05 Å². The van der Waals surface area contributed by atoms with E-state index in [1.807, 2.05) is 18.9 Å². The number of hydrogen-bond donors (Lipinski definition) is 0. The van der Waals surface area contributed by atoms with Gasteiger partial charge in [-0.2, -0.15) is 0 Å². The van der Waals surface area contributed by atoms with Gasteiger partial charge in [0.05, 0.1) is 5.25 Å². The van der Waals surface area contributed by atoms with Gasteiger partial charge in [0.25, 0.3) is 0 Å². The summed E-state index contributed by atoms with van der Waals surface area (Å²) in [5.74, 6) is 0.167. The maximum absolute atomic E-state index is 12.4. The van der Waals surface area contributed by atoms with Crippen LogP contribution >= 0.6 is 11.8 Å². The van der Waals surface area contributed by atoms with Crippen LogP contribution in [0.2, 0.25) is 0 Å². The second-order valence-corrected chi connectivity index (χ2v) is 6.39. The van der Waals surface area contributed by atoms with Crippen LogP contribution in [-0.4, -0.2) is 49.4 Å². The zero-order valence-electron chi connectivity index (χ0n) is 11.7. The molecule has 0 bridgehead atoms. The Labute approximate surface area is 117 Å². The summed E-state index contributed by atoms with van der Waals surface area (Å²) in [5, 5.41) is 11.8. The first-order chi connectivity index (χ1) is 9.09. The lowest BCUT2D eigenvalue weighted by Crippen LogP contribution is -2.42. The highest BCUT2D eigenvalue weighted by molar-refractivity contribution is 8.00. The van der Waals surface area contributed by atoms with Crippen molar-refractivity contribution in [1.82, 2.24) is 25.1 Å². The number of amides is 1. The quantitative estimate of drug-likeness (QED) is 0.783. The fourth-order valence-corrected chi connectivity index (χ4v) is 3.32. The number of aromatic nitrogens is 4. The molecule has 0 N–H and O–H groups in total. The topological polar surface area (TPSA) is 63.9 Å². The molecule has 0 radical (unpaired) electrons. The van der Waals surface area contributed by atoms with Gasteiger partial charge in [-0.3, -0.25) is 4.79 Å². The van der Waals surface area contributed by atoms with Crippen molar-refractivity contribution in [3.8, 4) is 0 Å². The number of nitrogens with zero attached hydrogens (tertiary/aromatic N) is 5. The predicted octanol–water partition coefficient (Wildman–Crippen LogP) is 1.48. The number of carbonyl (C=O) groups is 1. The molecule has 0 saturated heterocycles. The van der Waals surface area contributed by atoms with E-state index in [0.29, 0.717) is 11.2 Å². The average Bonchev–Trinajstić information content (AvgIpc) is 2.83. The third kappa shape index (κ3) is 3.46. The van der Waals surface area contributed by atoms with Crippen LogP contribution in [0.1, 0.15) is 39.0 Å². The molecule has 1 amide bonds. The molecular weight excluding hydrogens is 262 g/mol. The van der Waals surface area contributed by atoms with E-state index in [9.17, 15) is 4.79 Å². The van der Waals surface area contributed by atoms with Gasteiger partial charge >= 0.3 is 0 Å². The van der Waals surface area contributed by atoms with Gasteiger partial charge in [-0.05, 0) is 30.2 Å². The molecule has 6 nitrogen and oxygen atoms in total. The molecule has 1 atom stereocenters. The summed E-state index contributed by atoms with van der Waals surface area (Å²) in [6.45, 7) is 1.92. The summed E-state index contributed by atoms with van der Waals surface area (Å²) < 4.78 is 1.59. The molecule has 1 aliphatic rings. The molecule has 1 fully saturated rings. The maximum Gasteiger partial charge on any atom is 0.235 e. The van der Waals surface area contributed by atoms with E-state index >= 15 is 0 Å². The number of aryl methyl sites for hydroxylation is 1. The van der Waals surface area contributed by atoms with Gasteiger partial charge in [-0.15, -0.1) is 5.10 Å². The van der Waals surface area contributed by atoms with Gasteiger partial charge in [-0.25, -0.2) is 4.68 Å². The summed E-state index contributed by atoms with van der Waals surface area (Å²) in [5.41, 5.74) is 0. The van der Waals surface area contributed by atoms with Crippen molar-refractivity contribution in [2.75, 3.05) is 7.05 Å². The second-order valence-electron chi connectivity index (χ2n) is 5.09. The van der Waals surface area contributed by atoms with Gasteiger partial charge in [-0.1, -0.05) is 31.0 Å². The van der Waals surface area contributed by atoms with Crippen LogP contribution in [0.3, 0.4) is 0 Å². The van der Waals surface area contributed by atoms with Gasteiger partial charge < -0.3 is 4.90 Å². The van der Waals surface area contributed by atoms with Gasteiger partial charge in [0.2, 0.25) is 11.1 Å². The number of tetrazole rings is 1. The van der Waals surface area contributed by atoms with Crippen LogP contribution in [0.4, 0.5) is 0 Å². The van der Waals surface area contributed by atoms with Crippen molar-refractivity contribution < 1.29 is 4.79 Å².